The minimum atomic E-state index is 0.379. The summed E-state index contributed by atoms with van der Waals surface area (Å²) in [5.74, 6) is 0.735. The molecule has 1 atom stereocenters. The number of hydrogen-bond donors (Lipinski definition) is 0. The number of rotatable bonds is 3. The summed E-state index contributed by atoms with van der Waals surface area (Å²) in [6.45, 7) is 3.92. The van der Waals surface area contributed by atoms with Gasteiger partial charge in [-0.3, -0.25) is 4.68 Å². The van der Waals surface area contributed by atoms with Crippen LogP contribution in [0.1, 0.15) is 31.7 Å². The van der Waals surface area contributed by atoms with Crippen LogP contribution in [-0.4, -0.2) is 9.78 Å². The van der Waals surface area contributed by atoms with Crippen LogP contribution in [0, 0.1) is 5.92 Å². The van der Waals surface area contributed by atoms with Gasteiger partial charge in [0.25, 0.3) is 0 Å². The molecule has 0 spiro atoms. The van der Waals surface area contributed by atoms with Crippen LogP contribution in [0.2, 0.25) is 0 Å². The molecule has 1 saturated carbocycles. The van der Waals surface area contributed by atoms with E-state index in [-0.39, 0.29) is 0 Å². The third kappa shape index (κ3) is 1.92. The third-order valence-corrected chi connectivity index (χ3v) is 3.41. The van der Waals surface area contributed by atoms with Gasteiger partial charge in [0, 0.05) is 6.20 Å². The van der Waals surface area contributed by atoms with Gasteiger partial charge in [0.1, 0.15) is 0 Å². The highest BCUT2D eigenvalue weighted by molar-refractivity contribution is 9.10. The van der Waals surface area contributed by atoms with E-state index in [4.69, 9.17) is 0 Å². The minimum absolute atomic E-state index is 0.379. The van der Waals surface area contributed by atoms with Crippen molar-refractivity contribution in [3.05, 3.63) is 29.5 Å². The molecular weight excluding hydrogens is 240 g/mol. The Morgan fingerprint density at radius 2 is 2.29 bits per heavy atom. The Kier molecular flexibility index (Phi) is 3.06. The Labute approximate surface area is 93.1 Å². The monoisotopic (exact) mass is 254 g/mol. The summed E-state index contributed by atoms with van der Waals surface area (Å²) >= 11 is 3.42. The first kappa shape index (κ1) is 9.97. The topological polar surface area (TPSA) is 17.8 Å². The Hall–Kier alpha value is -0.570. The molecule has 0 unspecified atom stereocenters. The van der Waals surface area contributed by atoms with E-state index in [1.807, 2.05) is 23.2 Å². The van der Waals surface area contributed by atoms with E-state index in [0.717, 1.165) is 10.4 Å². The number of hydrogen-bond acceptors (Lipinski definition) is 1. The average molecular weight is 255 g/mol. The van der Waals surface area contributed by atoms with E-state index in [9.17, 15) is 0 Å². The van der Waals surface area contributed by atoms with Gasteiger partial charge in [0.05, 0.1) is 16.7 Å². The van der Waals surface area contributed by atoms with Crippen molar-refractivity contribution in [3.63, 3.8) is 0 Å². The smallest absolute Gasteiger partial charge is 0.0725 e. The SMILES string of the molecule is C=C[C@H](C1CCCC1)n1cc(Br)cn1. The van der Waals surface area contributed by atoms with Crippen molar-refractivity contribution < 1.29 is 0 Å². The van der Waals surface area contributed by atoms with Gasteiger partial charge in [-0.25, -0.2) is 0 Å². The molecule has 0 aliphatic heterocycles. The first-order valence-electron chi connectivity index (χ1n) is 5.13. The predicted molar refractivity (Wildman–Crippen MR) is 61.1 cm³/mol. The molecule has 1 aliphatic carbocycles. The van der Waals surface area contributed by atoms with E-state index in [1.165, 1.54) is 25.7 Å². The Bertz CT molecular complexity index is 313. The first-order valence-corrected chi connectivity index (χ1v) is 5.93. The zero-order valence-electron chi connectivity index (χ0n) is 8.19. The molecule has 76 valence electrons. The Morgan fingerprint density at radius 3 is 2.79 bits per heavy atom. The van der Waals surface area contributed by atoms with Gasteiger partial charge in [-0.2, -0.15) is 5.10 Å². The molecule has 14 heavy (non-hydrogen) atoms. The zero-order valence-corrected chi connectivity index (χ0v) is 9.78. The summed E-state index contributed by atoms with van der Waals surface area (Å²) in [7, 11) is 0. The van der Waals surface area contributed by atoms with Crippen LogP contribution in [0.3, 0.4) is 0 Å². The largest absolute Gasteiger partial charge is 0.264 e. The Morgan fingerprint density at radius 1 is 1.57 bits per heavy atom. The van der Waals surface area contributed by atoms with Crippen molar-refractivity contribution >= 4 is 15.9 Å². The fourth-order valence-corrected chi connectivity index (χ4v) is 2.59. The third-order valence-electron chi connectivity index (χ3n) is 3.00. The molecule has 1 heterocycles. The highest BCUT2D eigenvalue weighted by Gasteiger charge is 2.24. The molecule has 1 fully saturated rings. The normalized spacial score (nSPS) is 19.8. The molecule has 0 amide bonds. The van der Waals surface area contributed by atoms with Crippen LogP contribution >= 0.6 is 15.9 Å². The molecule has 0 N–H and O–H groups in total. The van der Waals surface area contributed by atoms with E-state index in [0.29, 0.717) is 6.04 Å². The van der Waals surface area contributed by atoms with Crippen molar-refractivity contribution in [1.29, 1.82) is 0 Å². The average Bonchev–Trinajstić information content (AvgIpc) is 2.79. The maximum Gasteiger partial charge on any atom is 0.0725 e. The highest BCUT2D eigenvalue weighted by Crippen LogP contribution is 2.34. The number of halogens is 1. The van der Waals surface area contributed by atoms with Crippen LogP contribution in [0.5, 0.6) is 0 Å². The second kappa shape index (κ2) is 4.30. The standard InChI is InChI=1S/C11H15BrN2/c1-2-11(9-5-3-4-6-9)14-8-10(12)7-13-14/h2,7-9,11H,1,3-6H2/t11-/m1/s1. The fraction of sp³-hybridized carbons (Fsp3) is 0.545. The van der Waals surface area contributed by atoms with Crippen LogP contribution in [-0.2, 0) is 0 Å². The van der Waals surface area contributed by atoms with Crippen molar-refractivity contribution in [3.8, 4) is 0 Å². The molecule has 3 heteroatoms. The molecule has 1 aromatic heterocycles. The Balaban J connectivity index is 2.16. The molecule has 1 aromatic rings. The minimum Gasteiger partial charge on any atom is -0.264 e. The van der Waals surface area contributed by atoms with E-state index < -0.39 is 0 Å². The van der Waals surface area contributed by atoms with Crippen LogP contribution in [0.4, 0.5) is 0 Å². The van der Waals surface area contributed by atoms with E-state index >= 15 is 0 Å². The number of aromatic nitrogens is 2. The summed E-state index contributed by atoms with van der Waals surface area (Å²) < 4.78 is 3.06. The lowest BCUT2D eigenvalue weighted by Gasteiger charge is -2.19. The zero-order chi connectivity index (χ0) is 9.97. The molecule has 2 nitrogen and oxygen atoms in total. The maximum absolute atomic E-state index is 4.33. The van der Waals surface area contributed by atoms with Gasteiger partial charge in [0.2, 0.25) is 0 Å². The number of nitrogens with zero attached hydrogens (tertiary/aromatic N) is 2. The summed E-state index contributed by atoms with van der Waals surface area (Å²) in [6, 6.07) is 0.379. The van der Waals surface area contributed by atoms with Gasteiger partial charge in [-0.05, 0) is 34.7 Å². The molecule has 0 saturated heterocycles. The van der Waals surface area contributed by atoms with Gasteiger partial charge in [-0.15, -0.1) is 6.58 Å². The van der Waals surface area contributed by atoms with Crippen LogP contribution in [0.25, 0.3) is 0 Å². The lowest BCUT2D eigenvalue weighted by atomic mass is 9.98. The molecule has 2 rings (SSSR count). The first-order chi connectivity index (χ1) is 6.81. The maximum atomic E-state index is 4.33. The number of allylic oxidation sites excluding steroid dienone is 1. The second-order valence-corrected chi connectivity index (χ2v) is 4.83. The van der Waals surface area contributed by atoms with Gasteiger partial charge >= 0.3 is 0 Å². The van der Waals surface area contributed by atoms with Gasteiger partial charge in [0.15, 0.2) is 0 Å². The van der Waals surface area contributed by atoms with E-state index in [2.05, 4.69) is 27.6 Å². The van der Waals surface area contributed by atoms with Crippen molar-refractivity contribution in [2.24, 2.45) is 5.92 Å². The van der Waals surface area contributed by atoms with Crippen LogP contribution in [0.15, 0.2) is 29.5 Å². The summed E-state index contributed by atoms with van der Waals surface area (Å²) in [5.41, 5.74) is 0. The van der Waals surface area contributed by atoms with E-state index in [1.54, 1.807) is 0 Å². The quantitative estimate of drug-likeness (QED) is 0.755. The summed E-state index contributed by atoms with van der Waals surface area (Å²) in [4.78, 5) is 0. The molecule has 0 bridgehead atoms. The molecule has 0 aromatic carbocycles. The lowest BCUT2D eigenvalue weighted by Crippen LogP contribution is -2.15. The second-order valence-electron chi connectivity index (χ2n) is 3.91. The predicted octanol–water partition coefficient (Wildman–Crippen LogP) is 3.56. The van der Waals surface area contributed by atoms with Crippen molar-refractivity contribution in [1.82, 2.24) is 9.78 Å². The lowest BCUT2D eigenvalue weighted by molar-refractivity contribution is 0.370. The molecule has 1 aliphatic rings. The van der Waals surface area contributed by atoms with Crippen molar-refractivity contribution in [2.45, 2.75) is 31.7 Å². The summed E-state index contributed by atoms with van der Waals surface area (Å²) in [5, 5.41) is 4.33. The summed E-state index contributed by atoms with van der Waals surface area (Å²) in [6.07, 6.45) is 11.2. The van der Waals surface area contributed by atoms with Crippen molar-refractivity contribution in [2.75, 3.05) is 0 Å². The highest BCUT2D eigenvalue weighted by atomic mass is 79.9. The van der Waals surface area contributed by atoms with Gasteiger partial charge < -0.3 is 0 Å². The van der Waals surface area contributed by atoms with Crippen LogP contribution < -0.4 is 0 Å². The fourth-order valence-electron chi connectivity index (χ4n) is 2.29. The molecule has 0 radical (unpaired) electrons. The molecular formula is C11H15BrN2. The van der Waals surface area contributed by atoms with Gasteiger partial charge in [-0.1, -0.05) is 18.9 Å².